The molecule has 0 saturated carbocycles. The van der Waals surface area contributed by atoms with E-state index >= 15 is 0 Å². The zero-order valence-electron chi connectivity index (χ0n) is 9.40. The number of fused-ring (bicyclic) bond motifs is 1. The van der Waals surface area contributed by atoms with Gasteiger partial charge in [-0.05, 0) is 30.9 Å². The van der Waals surface area contributed by atoms with Crippen LogP contribution in [0.1, 0.15) is 23.7 Å². The maximum atomic E-state index is 11.7. The van der Waals surface area contributed by atoms with Crippen molar-refractivity contribution in [1.29, 1.82) is 0 Å². The zero-order valence-corrected chi connectivity index (χ0v) is 10.3. The molecule has 90 valence electrons. The highest BCUT2D eigenvalue weighted by molar-refractivity contribution is 7.80. The van der Waals surface area contributed by atoms with Gasteiger partial charge in [0.2, 0.25) is 0 Å². The predicted octanol–water partition coefficient (Wildman–Crippen LogP) is 1.91. The van der Waals surface area contributed by atoms with Crippen molar-refractivity contribution in [3.8, 4) is 5.75 Å². The second-order valence-corrected chi connectivity index (χ2v) is 4.30. The molecule has 4 nitrogen and oxygen atoms in total. The third kappa shape index (κ3) is 2.44. The second kappa shape index (κ2) is 4.79. The molecule has 1 atom stereocenters. The Bertz CT molecular complexity index is 473. The quantitative estimate of drug-likeness (QED) is 0.637. The number of amides is 1. The largest absolute Gasteiger partial charge is 0.479 e. The topological polar surface area (TPSA) is 55.4 Å². The lowest BCUT2D eigenvalue weighted by atomic mass is 10.1. The molecule has 1 aliphatic rings. The van der Waals surface area contributed by atoms with Gasteiger partial charge in [0.15, 0.2) is 11.9 Å². The number of ketones is 1. The summed E-state index contributed by atoms with van der Waals surface area (Å²) in [5.74, 6) is 0.919. The Morgan fingerprint density at radius 2 is 2.29 bits per heavy atom. The smallest absolute Gasteiger partial charge is 0.265 e. The summed E-state index contributed by atoms with van der Waals surface area (Å²) < 4.78 is 5.40. The van der Waals surface area contributed by atoms with E-state index in [-0.39, 0.29) is 11.7 Å². The molecule has 1 amide bonds. The Labute approximate surface area is 105 Å². The fourth-order valence-corrected chi connectivity index (χ4v) is 1.83. The third-order valence-electron chi connectivity index (χ3n) is 2.57. The summed E-state index contributed by atoms with van der Waals surface area (Å²) in [5.41, 5.74) is 1.12. The normalized spacial score (nSPS) is 18.0. The first-order chi connectivity index (χ1) is 8.11. The molecule has 0 radical (unpaired) electrons. The van der Waals surface area contributed by atoms with Crippen LogP contribution in [-0.4, -0.2) is 23.5 Å². The number of thiol groups is 1. The SMILES string of the molecule is CC1Oc2ccc(C(=O)CCS)cc2NC1=O. The van der Waals surface area contributed by atoms with Gasteiger partial charge in [0.1, 0.15) is 5.75 Å². The van der Waals surface area contributed by atoms with Crippen LogP contribution >= 0.6 is 12.6 Å². The molecule has 1 aliphatic heterocycles. The van der Waals surface area contributed by atoms with Crippen LogP contribution in [0.15, 0.2) is 18.2 Å². The first-order valence-electron chi connectivity index (χ1n) is 5.37. The van der Waals surface area contributed by atoms with Crippen molar-refractivity contribution in [2.75, 3.05) is 11.1 Å². The van der Waals surface area contributed by atoms with E-state index in [2.05, 4.69) is 17.9 Å². The summed E-state index contributed by atoms with van der Waals surface area (Å²) in [7, 11) is 0. The lowest BCUT2D eigenvalue weighted by Gasteiger charge is -2.23. The molecule has 2 rings (SSSR count). The number of benzene rings is 1. The van der Waals surface area contributed by atoms with Crippen LogP contribution in [0.4, 0.5) is 5.69 Å². The highest BCUT2D eigenvalue weighted by Crippen LogP contribution is 2.30. The summed E-state index contributed by atoms with van der Waals surface area (Å²) in [6.45, 7) is 1.68. The standard InChI is InChI=1S/C12H13NO3S/c1-7-12(15)13-9-6-8(10(14)4-5-17)2-3-11(9)16-7/h2-3,6-7,17H,4-5H2,1H3,(H,13,15). The summed E-state index contributed by atoms with van der Waals surface area (Å²) in [5, 5.41) is 2.71. The van der Waals surface area contributed by atoms with Crippen molar-refractivity contribution in [2.24, 2.45) is 0 Å². The third-order valence-corrected chi connectivity index (χ3v) is 2.79. The van der Waals surface area contributed by atoms with Gasteiger partial charge in [0.25, 0.3) is 5.91 Å². The Morgan fingerprint density at radius 3 is 3.00 bits per heavy atom. The first kappa shape index (κ1) is 12.0. The highest BCUT2D eigenvalue weighted by atomic mass is 32.1. The Hall–Kier alpha value is -1.49. The average Bonchev–Trinajstić information content (AvgIpc) is 2.30. The number of nitrogens with one attached hydrogen (secondary N) is 1. The van der Waals surface area contributed by atoms with E-state index in [0.717, 1.165) is 0 Å². The van der Waals surface area contributed by atoms with Gasteiger partial charge >= 0.3 is 0 Å². The van der Waals surface area contributed by atoms with E-state index in [1.165, 1.54) is 0 Å². The van der Waals surface area contributed by atoms with Gasteiger partial charge in [0, 0.05) is 12.0 Å². The lowest BCUT2D eigenvalue weighted by Crippen LogP contribution is -2.34. The van der Waals surface area contributed by atoms with Crippen LogP contribution < -0.4 is 10.1 Å². The molecule has 0 aliphatic carbocycles. The van der Waals surface area contributed by atoms with Gasteiger partial charge in [0.05, 0.1) is 5.69 Å². The number of carbonyl (C=O) groups excluding carboxylic acids is 2. The number of Topliss-reactive ketones (excluding diaryl/α,β-unsaturated/α-hetero) is 1. The summed E-state index contributed by atoms with van der Waals surface area (Å²) in [6.07, 6.45) is -0.117. The van der Waals surface area contributed by atoms with E-state index < -0.39 is 6.10 Å². The number of hydrogen-bond acceptors (Lipinski definition) is 4. The Balaban J connectivity index is 2.28. The van der Waals surface area contributed by atoms with Crippen LogP contribution in [-0.2, 0) is 4.79 Å². The summed E-state index contributed by atoms with van der Waals surface area (Å²) >= 11 is 4.02. The average molecular weight is 251 g/mol. The van der Waals surface area contributed by atoms with Crippen molar-refractivity contribution in [1.82, 2.24) is 0 Å². The molecule has 5 heteroatoms. The fraction of sp³-hybridized carbons (Fsp3) is 0.333. The molecular weight excluding hydrogens is 238 g/mol. The minimum Gasteiger partial charge on any atom is -0.479 e. The van der Waals surface area contributed by atoms with E-state index in [9.17, 15) is 9.59 Å². The van der Waals surface area contributed by atoms with Crippen molar-refractivity contribution in [3.63, 3.8) is 0 Å². The molecule has 1 aromatic rings. The molecule has 1 unspecified atom stereocenters. The van der Waals surface area contributed by atoms with Gasteiger partial charge in [-0.25, -0.2) is 0 Å². The monoisotopic (exact) mass is 251 g/mol. The second-order valence-electron chi connectivity index (χ2n) is 3.86. The first-order valence-corrected chi connectivity index (χ1v) is 6.00. The maximum Gasteiger partial charge on any atom is 0.265 e. The van der Waals surface area contributed by atoms with E-state index in [4.69, 9.17) is 4.74 Å². The van der Waals surface area contributed by atoms with Crippen LogP contribution in [0.2, 0.25) is 0 Å². The van der Waals surface area contributed by atoms with E-state index in [1.54, 1.807) is 25.1 Å². The van der Waals surface area contributed by atoms with Gasteiger partial charge in [-0.1, -0.05) is 0 Å². The molecule has 1 heterocycles. The summed E-state index contributed by atoms with van der Waals surface area (Å²) in [6, 6.07) is 5.05. The van der Waals surface area contributed by atoms with Gasteiger partial charge in [-0.2, -0.15) is 12.6 Å². The number of ether oxygens (including phenoxy) is 1. The van der Waals surface area contributed by atoms with Crippen molar-refractivity contribution in [2.45, 2.75) is 19.4 Å². The number of carbonyl (C=O) groups is 2. The molecule has 0 fully saturated rings. The van der Waals surface area contributed by atoms with Crippen LogP contribution in [0, 0.1) is 0 Å². The molecule has 0 bridgehead atoms. The van der Waals surface area contributed by atoms with Crippen molar-refractivity contribution in [3.05, 3.63) is 23.8 Å². The van der Waals surface area contributed by atoms with Crippen LogP contribution in [0.25, 0.3) is 0 Å². The van der Waals surface area contributed by atoms with Crippen molar-refractivity contribution < 1.29 is 14.3 Å². The van der Waals surface area contributed by atoms with Gasteiger partial charge < -0.3 is 10.1 Å². The van der Waals surface area contributed by atoms with Crippen molar-refractivity contribution >= 4 is 30.0 Å². The molecule has 17 heavy (non-hydrogen) atoms. The van der Waals surface area contributed by atoms with Crippen LogP contribution in [0.3, 0.4) is 0 Å². The minimum absolute atomic E-state index is 0.00988. The minimum atomic E-state index is -0.499. The Morgan fingerprint density at radius 1 is 1.53 bits per heavy atom. The zero-order chi connectivity index (χ0) is 12.4. The van der Waals surface area contributed by atoms with Crippen LogP contribution in [0.5, 0.6) is 5.75 Å². The molecule has 0 aromatic heterocycles. The number of anilines is 1. The molecule has 1 aromatic carbocycles. The Kier molecular flexibility index (Phi) is 3.38. The fourth-order valence-electron chi connectivity index (χ4n) is 1.63. The number of hydrogen-bond donors (Lipinski definition) is 2. The maximum absolute atomic E-state index is 11.7. The predicted molar refractivity (Wildman–Crippen MR) is 68.0 cm³/mol. The molecule has 0 spiro atoms. The highest BCUT2D eigenvalue weighted by Gasteiger charge is 2.24. The molecule has 0 saturated heterocycles. The van der Waals surface area contributed by atoms with E-state index in [1.807, 2.05) is 0 Å². The summed E-state index contributed by atoms with van der Waals surface area (Å²) in [4.78, 5) is 23.1. The van der Waals surface area contributed by atoms with E-state index in [0.29, 0.717) is 29.2 Å². The number of rotatable bonds is 3. The molecule has 1 N–H and O–H groups in total. The van der Waals surface area contributed by atoms with Gasteiger partial charge in [-0.3, -0.25) is 9.59 Å². The van der Waals surface area contributed by atoms with Gasteiger partial charge in [-0.15, -0.1) is 0 Å². The molecular formula is C12H13NO3S. The lowest BCUT2D eigenvalue weighted by molar-refractivity contribution is -0.122.